The van der Waals surface area contributed by atoms with Crippen LogP contribution in [0.25, 0.3) is 0 Å². The fourth-order valence-corrected chi connectivity index (χ4v) is 3.06. The summed E-state index contributed by atoms with van der Waals surface area (Å²) in [5, 5.41) is 19.3. The first-order valence-electron chi connectivity index (χ1n) is 8.79. The van der Waals surface area contributed by atoms with Crippen LogP contribution in [0, 0.1) is 12.8 Å². The fourth-order valence-electron chi connectivity index (χ4n) is 3.06. The molecule has 0 radical (unpaired) electrons. The number of unbranched alkanes of at least 4 members (excludes halogenated alkanes) is 1. The maximum atomic E-state index is 12.0. The number of hydrogen-bond donors (Lipinski definition) is 3. The third kappa shape index (κ3) is 5.25. The van der Waals surface area contributed by atoms with E-state index in [4.69, 9.17) is 5.11 Å². The zero-order valence-corrected chi connectivity index (χ0v) is 14.5. The molecule has 1 aliphatic carbocycles. The van der Waals surface area contributed by atoms with Gasteiger partial charge >= 0.3 is 12.0 Å². The first-order chi connectivity index (χ1) is 11.5. The molecule has 7 heteroatoms. The van der Waals surface area contributed by atoms with E-state index in [1.165, 1.54) is 0 Å². The zero-order valence-electron chi connectivity index (χ0n) is 14.5. The van der Waals surface area contributed by atoms with Crippen molar-refractivity contribution in [2.75, 3.05) is 0 Å². The van der Waals surface area contributed by atoms with Crippen LogP contribution >= 0.6 is 0 Å². The van der Waals surface area contributed by atoms with Gasteiger partial charge in [0.05, 0.1) is 11.6 Å². The van der Waals surface area contributed by atoms with E-state index in [-0.39, 0.29) is 18.0 Å². The lowest BCUT2D eigenvalue weighted by molar-refractivity contribution is -0.142. The van der Waals surface area contributed by atoms with Gasteiger partial charge in [-0.15, -0.1) is 0 Å². The molecule has 0 saturated heterocycles. The Labute approximate surface area is 142 Å². The molecular weight excluding hydrogens is 308 g/mol. The average Bonchev–Trinajstić information content (AvgIpc) is 2.91. The summed E-state index contributed by atoms with van der Waals surface area (Å²) in [6.07, 6.45) is 6.90. The highest BCUT2D eigenvalue weighted by Gasteiger charge is 2.26. The number of carbonyl (C=O) groups excluding carboxylic acids is 1. The predicted molar refractivity (Wildman–Crippen MR) is 90.6 cm³/mol. The van der Waals surface area contributed by atoms with Crippen molar-refractivity contribution in [1.82, 2.24) is 20.4 Å². The van der Waals surface area contributed by atoms with Gasteiger partial charge in [0, 0.05) is 30.9 Å². The highest BCUT2D eigenvalue weighted by Crippen LogP contribution is 2.24. The highest BCUT2D eigenvalue weighted by molar-refractivity contribution is 5.74. The normalized spacial score (nSPS) is 20.6. The Balaban J connectivity index is 1.73. The van der Waals surface area contributed by atoms with Gasteiger partial charge in [-0.2, -0.15) is 5.10 Å². The molecule has 1 saturated carbocycles. The molecule has 134 valence electrons. The van der Waals surface area contributed by atoms with Crippen molar-refractivity contribution in [3.05, 3.63) is 17.5 Å². The second-order valence-corrected chi connectivity index (χ2v) is 6.57. The van der Waals surface area contributed by atoms with Gasteiger partial charge in [-0.3, -0.25) is 9.48 Å². The van der Waals surface area contributed by atoms with E-state index in [0.717, 1.165) is 43.5 Å². The molecule has 24 heavy (non-hydrogen) atoms. The number of nitrogens with one attached hydrogen (secondary N) is 2. The molecule has 0 unspecified atom stereocenters. The summed E-state index contributed by atoms with van der Waals surface area (Å²) in [5.74, 6) is -0.990. The van der Waals surface area contributed by atoms with Crippen LogP contribution in [0.2, 0.25) is 0 Å². The molecule has 0 spiro atoms. The molecule has 3 N–H and O–H groups in total. The van der Waals surface area contributed by atoms with Crippen molar-refractivity contribution in [2.45, 2.75) is 71.5 Å². The van der Waals surface area contributed by atoms with Crippen LogP contribution in [0.1, 0.15) is 56.7 Å². The Morgan fingerprint density at radius 1 is 1.33 bits per heavy atom. The van der Waals surface area contributed by atoms with E-state index in [1.54, 1.807) is 0 Å². The third-order valence-corrected chi connectivity index (χ3v) is 4.64. The molecule has 1 aliphatic rings. The summed E-state index contributed by atoms with van der Waals surface area (Å²) in [6, 6.07) is -0.136. The number of aryl methyl sites for hydroxylation is 2. The molecule has 1 fully saturated rings. The molecule has 0 atom stereocenters. The summed E-state index contributed by atoms with van der Waals surface area (Å²) in [7, 11) is 0. The minimum absolute atomic E-state index is 0.0639. The van der Waals surface area contributed by atoms with Crippen LogP contribution in [0.4, 0.5) is 4.79 Å². The number of carbonyl (C=O) groups is 2. The second kappa shape index (κ2) is 8.70. The van der Waals surface area contributed by atoms with Gasteiger partial charge in [-0.05, 0) is 39.0 Å². The maximum Gasteiger partial charge on any atom is 0.315 e. The van der Waals surface area contributed by atoms with E-state index in [9.17, 15) is 9.59 Å². The van der Waals surface area contributed by atoms with Crippen molar-refractivity contribution in [3.63, 3.8) is 0 Å². The molecule has 1 aromatic heterocycles. The summed E-state index contributed by atoms with van der Waals surface area (Å²) in [6.45, 7) is 5.45. The van der Waals surface area contributed by atoms with Gasteiger partial charge in [0.15, 0.2) is 0 Å². The second-order valence-electron chi connectivity index (χ2n) is 6.57. The van der Waals surface area contributed by atoms with Crippen LogP contribution in [0.3, 0.4) is 0 Å². The lowest BCUT2D eigenvalue weighted by Crippen LogP contribution is -2.43. The molecule has 0 aromatic carbocycles. The monoisotopic (exact) mass is 336 g/mol. The zero-order chi connectivity index (χ0) is 17.5. The molecular formula is C17H28N4O3. The number of aromatic nitrogens is 2. The summed E-state index contributed by atoms with van der Waals surface area (Å²) in [4.78, 5) is 23.0. The Hall–Kier alpha value is -2.05. The molecule has 7 nitrogen and oxygen atoms in total. The number of carboxylic acids is 1. The van der Waals surface area contributed by atoms with E-state index in [1.807, 2.05) is 17.8 Å². The van der Waals surface area contributed by atoms with E-state index in [2.05, 4.69) is 22.7 Å². The summed E-state index contributed by atoms with van der Waals surface area (Å²) < 4.78 is 1.93. The lowest BCUT2D eigenvalue weighted by atomic mass is 9.86. The number of rotatable bonds is 7. The average molecular weight is 336 g/mol. The number of amides is 2. The molecule has 1 aromatic rings. The number of urea groups is 1. The minimum Gasteiger partial charge on any atom is -0.481 e. The number of aliphatic carboxylic acids is 1. The molecule has 2 rings (SSSR count). The van der Waals surface area contributed by atoms with Gasteiger partial charge in [-0.25, -0.2) is 4.79 Å². The SMILES string of the molecule is CCCCn1cc(CNC(=O)NC2CCC(C(=O)O)CC2)c(C)n1. The largest absolute Gasteiger partial charge is 0.481 e. The molecule has 2 amide bonds. The lowest BCUT2D eigenvalue weighted by Gasteiger charge is -2.26. The third-order valence-electron chi connectivity index (χ3n) is 4.64. The first kappa shape index (κ1) is 18.3. The maximum absolute atomic E-state index is 12.0. The number of carboxylic acid groups (broad SMARTS) is 1. The quantitative estimate of drug-likeness (QED) is 0.712. The summed E-state index contributed by atoms with van der Waals surface area (Å²) in [5.41, 5.74) is 1.96. The van der Waals surface area contributed by atoms with Crippen LogP contribution < -0.4 is 10.6 Å². The van der Waals surface area contributed by atoms with Crippen LogP contribution in [-0.4, -0.2) is 32.9 Å². The van der Waals surface area contributed by atoms with E-state index < -0.39 is 5.97 Å². The van der Waals surface area contributed by atoms with Crippen molar-refractivity contribution in [3.8, 4) is 0 Å². The Morgan fingerprint density at radius 3 is 2.67 bits per heavy atom. The smallest absolute Gasteiger partial charge is 0.315 e. The first-order valence-corrected chi connectivity index (χ1v) is 8.79. The van der Waals surface area contributed by atoms with Crippen LogP contribution in [-0.2, 0) is 17.9 Å². The number of nitrogens with zero attached hydrogens (tertiary/aromatic N) is 2. The van der Waals surface area contributed by atoms with Gasteiger partial charge in [0.25, 0.3) is 0 Å². The fraction of sp³-hybridized carbons (Fsp3) is 0.706. The van der Waals surface area contributed by atoms with Crippen molar-refractivity contribution in [2.24, 2.45) is 5.92 Å². The van der Waals surface area contributed by atoms with Crippen molar-refractivity contribution >= 4 is 12.0 Å². The number of hydrogen-bond acceptors (Lipinski definition) is 3. The molecule has 1 heterocycles. The van der Waals surface area contributed by atoms with Gasteiger partial charge in [0.2, 0.25) is 0 Å². The summed E-state index contributed by atoms with van der Waals surface area (Å²) >= 11 is 0. The molecule has 0 aliphatic heterocycles. The predicted octanol–water partition coefficient (Wildman–Crippen LogP) is 2.43. The Kier molecular flexibility index (Phi) is 6.63. The van der Waals surface area contributed by atoms with Crippen molar-refractivity contribution < 1.29 is 14.7 Å². The van der Waals surface area contributed by atoms with Crippen LogP contribution in [0.15, 0.2) is 6.20 Å². The van der Waals surface area contributed by atoms with Gasteiger partial charge < -0.3 is 15.7 Å². The minimum atomic E-state index is -0.728. The van der Waals surface area contributed by atoms with Gasteiger partial charge in [-0.1, -0.05) is 13.3 Å². The molecule has 0 bridgehead atoms. The standard InChI is InChI=1S/C17H28N4O3/c1-3-4-9-21-11-14(12(2)20-21)10-18-17(24)19-15-7-5-13(6-8-15)16(22)23/h11,13,15H,3-10H2,1-2H3,(H,22,23)(H2,18,19,24). The topological polar surface area (TPSA) is 96.2 Å². The highest BCUT2D eigenvalue weighted by atomic mass is 16.4. The van der Waals surface area contributed by atoms with Crippen LogP contribution in [0.5, 0.6) is 0 Å². The Bertz CT molecular complexity index is 562. The van der Waals surface area contributed by atoms with E-state index in [0.29, 0.717) is 19.4 Å². The van der Waals surface area contributed by atoms with E-state index >= 15 is 0 Å². The Morgan fingerprint density at radius 2 is 2.04 bits per heavy atom. The van der Waals surface area contributed by atoms with Crippen molar-refractivity contribution in [1.29, 1.82) is 0 Å². The van der Waals surface area contributed by atoms with Gasteiger partial charge in [0.1, 0.15) is 0 Å².